The van der Waals surface area contributed by atoms with E-state index in [9.17, 15) is 4.79 Å². The van der Waals surface area contributed by atoms with Gasteiger partial charge in [0.25, 0.3) is 10.7 Å². The molecule has 1 heterocycles. The number of benzene rings is 1. The van der Waals surface area contributed by atoms with Gasteiger partial charge < -0.3 is 19.0 Å². The summed E-state index contributed by atoms with van der Waals surface area (Å²) < 4.78 is 11.3. The number of ether oxygens (including phenoxy) is 1. The molecule has 0 saturated heterocycles. The van der Waals surface area contributed by atoms with Crippen molar-refractivity contribution in [3.8, 4) is 0 Å². The van der Waals surface area contributed by atoms with Crippen LogP contribution in [-0.2, 0) is 4.74 Å². The van der Waals surface area contributed by atoms with Crippen molar-refractivity contribution in [2.75, 3.05) is 13.7 Å². The van der Waals surface area contributed by atoms with Gasteiger partial charge >= 0.3 is 0 Å². The molecule has 2 saturated carbocycles. The first-order valence-electron chi connectivity index (χ1n) is 8.57. The van der Waals surface area contributed by atoms with Gasteiger partial charge in [0.1, 0.15) is 0 Å². The molecule has 2 unspecified atom stereocenters. The summed E-state index contributed by atoms with van der Waals surface area (Å²) in [6.07, 6.45) is 4.79. The molecule has 2 aromatic rings. The molecule has 4 rings (SSSR count). The lowest BCUT2D eigenvalue weighted by molar-refractivity contribution is -0.192. The van der Waals surface area contributed by atoms with Crippen LogP contribution < -0.4 is 0 Å². The van der Waals surface area contributed by atoms with Crippen molar-refractivity contribution in [3.63, 3.8) is 0 Å². The van der Waals surface area contributed by atoms with E-state index in [-0.39, 0.29) is 17.4 Å². The minimum absolute atomic E-state index is 0.0328. The zero-order valence-corrected chi connectivity index (χ0v) is 14.8. The average Bonchev–Trinajstić information content (AvgIpc) is 2.87. The fourth-order valence-corrected chi connectivity index (χ4v) is 4.57. The smallest absolute Gasteiger partial charge is 0.266 e. The lowest BCUT2D eigenvalue weighted by Gasteiger charge is -2.63. The first kappa shape index (κ1) is 15.8. The summed E-state index contributed by atoms with van der Waals surface area (Å²) in [6.45, 7) is 2.78. The second kappa shape index (κ2) is 5.70. The second-order valence-electron chi connectivity index (χ2n) is 6.92. The number of nitrogens with zero attached hydrogens (tertiary/aromatic N) is 1. The van der Waals surface area contributed by atoms with Gasteiger partial charge in [-0.1, -0.05) is 6.42 Å². The highest BCUT2D eigenvalue weighted by molar-refractivity contribution is 7.71. The summed E-state index contributed by atoms with van der Waals surface area (Å²) in [5.41, 5.74) is 2.25. The van der Waals surface area contributed by atoms with Crippen LogP contribution in [0.4, 0.5) is 0 Å². The molecular formula is C18H22N2O3S. The summed E-state index contributed by atoms with van der Waals surface area (Å²) in [5, 5.41) is 0. The van der Waals surface area contributed by atoms with E-state index in [0.717, 1.165) is 31.4 Å². The molecule has 2 atom stereocenters. The van der Waals surface area contributed by atoms with Gasteiger partial charge in [-0.25, -0.2) is 0 Å². The van der Waals surface area contributed by atoms with E-state index >= 15 is 0 Å². The van der Waals surface area contributed by atoms with Crippen molar-refractivity contribution >= 4 is 29.2 Å². The maximum Gasteiger partial charge on any atom is 0.266 e. The first-order valence-corrected chi connectivity index (χ1v) is 8.97. The van der Waals surface area contributed by atoms with Crippen LogP contribution in [0, 0.1) is 10.3 Å². The molecule has 0 aliphatic heterocycles. The Morgan fingerprint density at radius 3 is 2.96 bits per heavy atom. The van der Waals surface area contributed by atoms with Gasteiger partial charge in [-0.05, 0) is 56.6 Å². The lowest BCUT2D eigenvalue weighted by atomic mass is 9.50. The van der Waals surface area contributed by atoms with Crippen molar-refractivity contribution in [1.29, 1.82) is 0 Å². The molecule has 1 aromatic carbocycles. The number of fused-ring (bicyclic) bond motifs is 1. The third-order valence-electron chi connectivity index (χ3n) is 5.85. The summed E-state index contributed by atoms with van der Waals surface area (Å²) in [7, 11) is 1.91. The van der Waals surface area contributed by atoms with Gasteiger partial charge in [-0.15, -0.1) is 0 Å². The normalized spacial score (nSPS) is 24.6. The molecule has 6 heteroatoms. The minimum atomic E-state index is 0.0328. The number of amides is 1. The van der Waals surface area contributed by atoms with Gasteiger partial charge in [0.2, 0.25) is 0 Å². The predicted molar refractivity (Wildman–Crippen MR) is 93.6 cm³/mol. The van der Waals surface area contributed by atoms with Crippen molar-refractivity contribution in [3.05, 3.63) is 28.6 Å². The van der Waals surface area contributed by atoms with Crippen molar-refractivity contribution in [2.24, 2.45) is 5.41 Å². The Morgan fingerprint density at radius 1 is 1.50 bits per heavy atom. The predicted octanol–water partition coefficient (Wildman–Crippen LogP) is 3.91. The Kier molecular flexibility index (Phi) is 3.77. The van der Waals surface area contributed by atoms with E-state index in [2.05, 4.69) is 4.98 Å². The van der Waals surface area contributed by atoms with Gasteiger partial charge in [0.15, 0.2) is 5.58 Å². The Hall–Kier alpha value is -1.66. The number of oxazole rings is 1. The van der Waals surface area contributed by atoms with Crippen molar-refractivity contribution in [2.45, 2.75) is 44.8 Å². The van der Waals surface area contributed by atoms with Crippen LogP contribution in [0.1, 0.15) is 43.0 Å². The quantitative estimate of drug-likeness (QED) is 0.853. The Labute approximate surface area is 146 Å². The van der Waals surface area contributed by atoms with Gasteiger partial charge in [-0.2, -0.15) is 0 Å². The van der Waals surface area contributed by atoms with Crippen LogP contribution in [0.5, 0.6) is 0 Å². The molecule has 0 bridgehead atoms. The van der Waals surface area contributed by atoms with Gasteiger partial charge in [-0.3, -0.25) is 4.79 Å². The van der Waals surface area contributed by atoms with E-state index in [1.807, 2.05) is 31.0 Å². The average molecular weight is 346 g/mol. The zero-order chi connectivity index (χ0) is 16.9. The van der Waals surface area contributed by atoms with Gasteiger partial charge in [0, 0.05) is 30.7 Å². The maximum absolute atomic E-state index is 12.9. The van der Waals surface area contributed by atoms with E-state index in [1.165, 1.54) is 6.42 Å². The topological polar surface area (TPSA) is 58.5 Å². The van der Waals surface area contributed by atoms with Crippen LogP contribution in [0.3, 0.4) is 0 Å². The summed E-state index contributed by atoms with van der Waals surface area (Å²) in [6, 6.07) is 5.71. The number of carbonyl (C=O) groups is 1. The lowest BCUT2D eigenvalue weighted by Crippen LogP contribution is -2.67. The second-order valence-corrected chi connectivity index (χ2v) is 7.29. The number of aromatic amines is 1. The van der Waals surface area contributed by atoms with Crippen LogP contribution in [-0.4, -0.2) is 41.6 Å². The monoisotopic (exact) mass is 346 g/mol. The highest BCUT2D eigenvalue weighted by atomic mass is 32.1. The van der Waals surface area contributed by atoms with Crippen LogP contribution >= 0.6 is 12.2 Å². The molecule has 1 spiro atoms. The van der Waals surface area contributed by atoms with Crippen LogP contribution in [0.25, 0.3) is 11.1 Å². The largest absolute Gasteiger partial charge is 0.429 e. The third kappa shape index (κ3) is 2.24. The third-order valence-corrected chi connectivity index (χ3v) is 6.04. The maximum atomic E-state index is 12.9. The van der Waals surface area contributed by atoms with E-state index in [4.69, 9.17) is 21.4 Å². The molecular weight excluding hydrogens is 324 g/mol. The number of rotatable bonds is 4. The standard InChI is InChI=1S/C18H22N2O3S/c1-3-22-15-10-14(18(15)7-4-8-18)20(2)16(21)11-5-6-12-13(9-11)23-17(24)19-12/h5-6,9,14-15H,3-4,7-8,10H2,1-2H3,(H,19,24). The number of nitrogens with one attached hydrogen (secondary N) is 1. The molecule has 2 aliphatic rings. The molecule has 2 aliphatic carbocycles. The molecule has 0 radical (unpaired) electrons. The first-order chi connectivity index (χ1) is 11.5. The molecule has 1 aromatic heterocycles. The molecule has 1 N–H and O–H groups in total. The number of H-pyrrole nitrogens is 1. The molecule has 5 nitrogen and oxygen atoms in total. The van der Waals surface area contributed by atoms with Crippen molar-refractivity contribution < 1.29 is 13.9 Å². The highest BCUT2D eigenvalue weighted by Gasteiger charge is 2.60. The van der Waals surface area contributed by atoms with Crippen LogP contribution in [0.2, 0.25) is 0 Å². The Balaban J connectivity index is 1.56. The van der Waals surface area contributed by atoms with E-state index in [1.54, 1.807) is 6.07 Å². The van der Waals surface area contributed by atoms with Crippen molar-refractivity contribution in [1.82, 2.24) is 9.88 Å². The number of aromatic nitrogens is 1. The van der Waals surface area contributed by atoms with E-state index < -0.39 is 0 Å². The number of carbonyl (C=O) groups excluding carboxylic acids is 1. The molecule has 24 heavy (non-hydrogen) atoms. The fraction of sp³-hybridized carbons (Fsp3) is 0.556. The Morgan fingerprint density at radius 2 is 2.29 bits per heavy atom. The number of hydrogen-bond acceptors (Lipinski definition) is 4. The zero-order valence-electron chi connectivity index (χ0n) is 14.0. The molecule has 2 fully saturated rings. The minimum Gasteiger partial charge on any atom is -0.429 e. The summed E-state index contributed by atoms with van der Waals surface area (Å²) in [5.74, 6) is 0.0328. The Bertz CT molecular complexity index is 836. The fourth-order valence-electron chi connectivity index (χ4n) is 4.37. The summed E-state index contributed by atoms with van der Waals surface area (Å²) >= 11 is 5.00. The molecule has 1 amide bonds. The SMILES string of the molecule is CCOC1CC(N(C)C(=O)c2ccc3[nH]c(=S)oc3c2)C12CCC2. The summed E-state index contributed by atoms with van der Waals surface area (Å²) in [4.78, 5) is 18.1. The highest BCUT2D eigenvalue weighted by Crippen LogP contribution is 2.59. The van der Waals surface area contributed by atoms with Gasteiger partial charge in [0.05, 0.1) is 11.6 Å². The number of hydrogen-bond donors (Lipinski definition) is 1. The van der Waals surface area contributed by atoms with E-state index in [0.29, 0.717) is 22.1 Å². The molecule has 128 valence electrons. The van der Waals surface area contributed by atoms with Crippen LogP contribution in [0.15, 0.2) is 22.6 Å².